The molecule has 0 fully saturated rings. The van der Waals surface area contributed by atoms with Crippen molar-refractivity contribution in [2.45, 2.75) is 22.1 Å². The molecule has 0 saturated heterocycles. The van der Waals surface area contributed by atoms with Gasteiger partial charge in [0, 0.05) is 32.0 Å². The van der Waals surface area contributed by atoms with Gasteiger partial charge in [-0.2, -0.15) is 13.2 Å². The van der Waals surface area contributed by atoms with Crippen molar-refractivity contribution in [3.05, 3.63) is 76.0 Å². The smallest absolute Gasteiger partial charge is 0.379 e. The van der Waals surface area contributed by atoms with Gasteiger partial charge in [-0.1, -0.05) is 36.0 Å². The Labute approximate surface area is 189 Å². The van der Waals surface area contributed by atoms with Gasteiger partial charge in [0.05, 0.1) is 5.69 Å². The van der Waals surface area contributed by atoms with E-state index < -0.39 is 12.3 Å². The number of fused-ring (bicyclic) bond motifs is 1. The first kappa shape index (κ1) is 21.2. The predicted octanol–water partition coefficient (Wildman–Crippen LogP) is 6.59. The van der Waals surface area contributed by atoms with Crippen molar-refractivity contribution < 1.29 is 18.3 Å². The van der Waals surface area contributed by atoms with Crippen LogP contribution in [0.15, 0.2) is 76.7 Å². The number of nitrogens with zero attached hydrogens (tertiary/aromatic N) is 2. The van der Waals surface area contributed by atoms with Crippen LogP contribution in [0.1, 0.15) is 11.7 Å². The molecule has 2 aromatic heterocycles. The molecule has 2 heterocycles. The van der Waals surface area contributed by atoms with Crippen LogP contribution in [-0.4, -0.2) is 20.8 Å². The third kappa shape index (κ3) is 4.08. The Morgan fingerprint density at radius 3 is 2.33 bits per heavy atom. The van der Waals surface area contributed by atoms with Crippen molar-refractivity contribution in [2.75, 3.05) is 0 Å². The summed E-state index contributed by atoms with van der Waals surface area (Å²) in [7, 11) is 1.89. The van der Waals surface area contributed by atoms with Crippen molar-refractivity contribution in [3.63, 3.8) is 0 Å². The molecule has 1 atom stereocenters. The lowest BCUT2D eigenvalue weighted by atomic mass is 10.0. The summed E-state index contributed by atoms with van der Waals surface area (Å²) in [5.41, 5.74) is 2.22. The summed E-state index contributed by atoms with van der Waals surface area (Å²) < 4.78 is 41.6. The van der Waals surface area contributed by atoms with Crippen LogP contribution < -0.4 is 0 Å². The molecule has 0 amide bonds. The van der Waals surface area contributed by atoms with E-state index in [2.05, 4.69) is 27.6 Å². The number of halogens is 4. The van der Waals surface area contributed by atoms with Crippen LogP contribution in [0.4, 0.5) is 13.2 Å². The van der Waals surface area contributed by atoms with Gasteiger partial charge >= 0.3 is 6.18 Å². The summed E-state index contributed by atoms with van der Waals surface area (Å²) in [5.74, 6) is 0. The van der Waals surface area contributed by atoms with Crippen LogP contribution in [0.25, 0.3) is 22.3 Å². The first-order valence-corrected chi connectivity index (χ1v) is 10.9. The molecule has 154 valence electrons. The van der Waals surface area contributed by atoms with E-state index in [9.17, 15) is 18.3 Å². The van der Waals surface area contributed by atoms with Gasteiger partial charge in [-0.05, 0) is 70.1 Å². The Hall–Kier alpha value is -2.04. The summed E-state index contributed by atoms with van der Waals surface area (Å²) >= 11 is 3.84. The van der Waals surface area contributed by atoms with E-state index >= 15 is 0 Å². The maximum absolute atomic E-state index is 12.8. The minimum absolute atomic E-state index is 0.185. The fourth-order valence-corrected chi connectivity index (χ4v) is 4.78. The maximum Gasteiger partial charge on any atom is 0.418 e. The number of aromatic nitrogens is 2. The van der Waals surface area contributed by atoms with E-state index in [-0.39, 0.29) is 5.56 Å². The van der Waals surface area contributed by atoms with Crippen LogP contribution in [0.2, 0.25) is 0 Å². The predicted molar refractivity (Wildman–Crippen MR) is 120 cm³/mol. The highest BCUT2D eigenvalue weighted by atomic mass is 127. The number of aliphatic hydroxyl groups excluding tert-OH is 1. The van der Waals surface area contributed by atoms with Gasteiger partial charge in [-0.25, -0.2) is 4.98 Å². The zero-order valence-electron chi connectivity index (χ0n) is 15.7. The van der Waals surface area contributed by atoms with Gasteiger partial charge in [0.15, 0.2) is 6.10 Å². The minimum atomic E-state index is -4.70. The molecule has 30 heavy (non-hydrogen) atoms. The number of rotatable bonds is 4. The number of aryl methyl sites for hydroxylation is 1. The van der Waals surface area contributed by atoms with Crippen molar-refractivity contribution in [1.29, 1.82) is 0 Å². The van der Waals surface area contributed by atoms with Gasteiger partial charge < -0.3 is 9.67 Å². The van der Waals surface area contributed by atoms with E-state index in [0.717, 1.165) is 35.7 Å². The van der Waals surface area contributed by atoms with Crippen molar-refractivity contribution in [3.8, 4) is 11.3 Å². The fraction of sp³-hybridized carbons (Fsp3) is 0.136. The zero-order chi connectivity index (χ0) is 21.5. The number of hydrogen-bond donors (Lipinski definition) is 1. The average Bonchev–Trinajstić information content (AvgIpc) is 3.00. The standard InChI is InChI=1S/C22H16F3IN2OS/c1-28-18(13-4-6-14(7-5-13)20(29)22(23,24)25)19(17-3-2-12-27-21(17)28)30-16-10-8-15(26)9-11-16/h2-12,20,29H,1H3. The number of alkyl halides is 3. The molecule has 4 rings (SSSR count). The van der Waals surface area contributed by atoms with Gasteiger partial charge in [-0.3, -0.25) is 0 Å². The Balaban J connectivity index is 1.82. The minimum Gasteiger partial charge on any atom is -0.379 e. The highest BCUT2D eigenvalue weighted by Gasteiger charge is 2.39. The monoisotopic (exact) mass is 540 g/mol. The molecular formula is C22H16F3IN2OS. The molecule has 2 aromatic carbocycles. The number of aliphatic hydroxyl groups is 1. The van der Waals surface area contributed by atoms with E-state index in [1.54, 1.807) is 30.1 Å². The molecule has 8 heteroatoms. The number of pyridine rings is 1. The van der Waals surface area contributed by atoms with Gasteiger partial charge in [0.25, 0.3) is 0 Å². The van der Waals surface area contributed by atoms with Gasteiger partial charge in [0.1, 0.15) is 5.65 Å². The average molecular weight is 540 g/mol. The third-order valence-corrected chi connectivity index (χ3v) is 6.59. The SMILES string of the molecule is Cn1c(-c2ccc(C(O)C(F)(F)F)cc2)c(Sc2ccc(I)cc2)c2cccnc21. The normalized spacial score (nSPS) is 13.0. The second-order valence-corrected chi connectivity index (χ2v) is 9.06. The van der Waals surface area contributed by atoms with Crippen molar-refractivity contribution >= 4 is 45.4 Å². The van der Waals surface area contributed by atoms with Crippen molar-refractivity contribution in [1.82, 2.24) is 9.55 Å². The van der Waals surface area contributed by atoms with Gasteiger partial charge in [0.2, 0.25) is 0 Å². The number of benzene rings is 2. The highest BCUT2D eigenvalue weighted by Crippen LogP contribution is 2.43. The molecule has 4 aromatic rings. The van der Waals surface area contributed by atoms with Crippen LogP contribution in [-0.2, 0) is 7.05 Å². The fourth-order valence-electron chi connectivity index (χ4n) is 3.29. The van der Waals surface area contributed by atoms with E-state index in [1.165, 1.54) is 12.1 Å². The third-order valence-electron chi connectivity index (χ3n) is 4.74. The first-order chi connectivity index (χ1) is 14.3. The molecule has 0 spiro atoms. The van der Waals surface area contributed by atoms with Crippen LogP contribution in [0.5, 0.6) is 0 Å². The van der Waals surface area contributed by atoms with Crippen LogP contribution in [0.3, 0.4) is 0 Å². The maximum atomic E-state index is 12.8. The number of hydrogen-bond acceptors (Lipinski definition) is 3. The lowest BCUT2D eigenvalue weighted by molar-refractivity contribution is -0.206. The summed E-state index contributed by atoms with van der Waals surface area (Å²) in [5, 5.41) is 10.5. The van der Waals surface area contributed by atoms with E-state index in [4.69, 9.17) is 0 Å². The molecule has 0 bridgehead atoms. The van der Waals surface area contributed by atoms with Crippen LogP contribution >= 0.6 is 34.4 Å². The van der Waals surface area contributed by atoms with Crippen molar-refractivity contribution in [2.24, 2.45) is 7.05 Å². The molecule has 0 aliphatic heterocycles. The molecule has 0 aliphatic rings. The molecule has 3 nitrogen and oxygen atoms in total. The summed E-state index contributed by atoms with van der Waals surface area (Å²) in [6, 6.07) is 17.8. The molecule has 1 unspecified atom stereocenters. The lowest BCUT2D eigenvalue weighted by Crippen LogP contribution is -2.20. The molecule has 0 aliphatic carbocycles. The summed E-state index contributed by atoms with van der Waals surface area (Å²) in [4.78, 5) is 6.51. The summed E-state index contributed by atoms with van der Waals surface area (Å²) in [6.45, 7) is 0. The molecule has 0 saturated carbocycles. The van der Waals surface area contributed by atoms with E-state index in [0.29, 0.717) is 0 Å². The lowest BCUT2D eigenvalue weighted by Gasteiger charge is -2.15. The Kier molecular flexibility index (Phi) is 5.82. The quantitative estimate of drug-likeness (QED) is 0.297. The summed E-state index contributed by atoms with van der Waals surface area (Å²) in [6.07, 6.45) is -5.48. The zero-order valence-corrected chi connectivity index (χ0v) is 18.7. The molecule has 1 N–H and O–H groups in total. The second kappa shape index (κ2) is 8.24. The largest absolute Gasteiger partial charge is 0.418 e. The molecular weight excluding hydrogens is 524 g/mol. The Morgan fingerprint density at radius 2 is 1.70 bits per heavy atom. The molecule has 0 radical (unpaired) electrons. The first-order valence-electron chi connectivity index (χ1n) is 8.97. The van der Waals surface area contributed by atoms with Gasteiger partial charge in [-0.15, -0.1) is 0 Å². The van der Waals surface area contributed by atoms with E-state index in [1.807, 2.05) is 48.0 Å². The topological polar surface area (TPSA) is 38.0 Å². The second-order valence-electron chi connectivity index (χ2n) is 6.73. The highest BCUT2D eigenvalue weighted by molar-refractivity contribution is 14.1. The van der Waals surface area contributed by atoms with Crippen LogP contribution in [0, 0.1) is 3.57 Å². The Morgan fingerprint density at radius 1 is 1.03 bits per heavy atom. The Bertz CT molecular complexity index is 1190.